The van der Waals surface area contributed by atoms with Gasteiger partial charge in [0, 0.05) is 17.8 Å². The summed E-state index contributed by atoms with van der Waals surface area (Å²) in [6.07, 6.45) is 0. The standard InChI is InChI=1S/C29H23FN2O5S/c1-19-4-3-5-26-27(19)28(31-38(26,34)35)32(18-20-6-14-24(36-2)15-7-20)23-12-16-25(17-13-23)37-29(33)21-8-10-22(30)11-9-21/h3-17H,18H2,1-2H3. The summed E-state index contributed by atoms with van der Waals surface area (Å²) in [5.41, 5.74) is 3.10. The summed E-state index contributed by atoms with van der Waals surface area (Å²) in [5.74, 6) is 0.227. The van der Waals surface area contributed by atoms with Crippen LogP contribution in [0.3, 0.4) is 0 Å². The van der Waals surface area contributed by atoms with Gasteiger partial charge >= 0.3 is 5.97 Å². The smallest absolute Gasteiger partial charge is 0.343 e. The highest BCUT2D eigenvalue weighted by Crippen LogP contribution is 2.34. The summed E-state index contributed by atoms with van der Waals surface area (Å²) in [6.45, 7) is 2.17. The zero-order chi connectivity index (χ0) is 26.9. The van der Waals surface area contributed by atoms with Crippen LogP contribution in [-0.2, 0) is 16.6 Å². The molecule has 0 aromatic heterocycles. The second-order valence-electron chi connectivity index (χ2n) is 8.66. The minimum absolute atomic E-state index is 0.164. The Hall–Kier alpha value is -4.50. The Balaban J connectivity index is 1.50. The molecule has 7 nitrogen and oxygen atoms in total. The van der Waals surface area contributed by atoms with Gasteiger partial charge in [0.1, 0.15) is 22.2 Å². The molecule has 0 aliphatic carbocycles. The lowest BCUT2D eigenvalue weighted by atomic mass is 10.1. The molecule has 0 fully saturated rings. The highest BCUT2D eigenvalue weighted by Gasteiger charge is 2.34. The number of hydrogen-bond acceptors (Lipinski definition) is 6. The number of nitrogens with zero attached hydrogens (tertiary/aromatic N) is 2. The van der Waals surface area contributed by atoms with E-state index in [9.17, 15) is 17.6 Å². The molecule has 5 rings (SSSR count). The number of carbonyl (C=O) groups excluding carboxylic acids is 1. The van der Waals surface area contributed by atoms with Crippen molar-refractivity contribution in [1.29, 1.82) is 0 Å². The summed E-state index contributed by atoms with van der Waals surface area (Å²) in [5, 5.41) is 0. The molecule has 4 aromatic carbocycles. The van der Waals surface area contributed by atoms with E-state index in [4.69, 9.17) is 9.47 Å². The lowest BCUT2D eigenvalue weighted by Crippen LogP contribution is -2.30. The second-order valence-corrected chi connectivity index (χ2v) is 10.2. The number of halogens is 1. The number of methoxy groups -OCH3 is 1. The van der Waals surface area contributed by atoms with Crippen molar-refractivity contribution in [3.8, 4) is 11.5 Å². The van der Waals surface area contributed by atoms with E-state index in [2.05, 4.69) is 4.40 Å². The van der Waals surface area contributed by atoms with Gasteiger partial charge in [0.15, 0.2) is 5.84 Å². The van der Waals surface area contributed by atoms with Gasteiger partial charge in [-0.2, -0.15) is 8.42 Å². The molecule has 0 spiro atoms. The first-order valence-electron chi connectivity index (χ1n) is 11.7. The van der Waals surface area contributed by atoms with Gasteiger partial charge in [-0.05, 0) is 84.8 Å². The number of rotatable bonds is 6. The molecule has 0 radical (unpaired) electrons. The first-order chi connectivity index (χ1) is 18.2. The van der Waals surface area contributed by atoms with Gasteiger partial charge in [0.2, 0.25) is 0 Å². The molecule has 0 saturated heterocycles. The van der Waals surface area contributed by atoms with E-state index in [0.717, 1.165) is 11.1 Å². The van der Waals surface area contributed by atoms with Gasteiger partial charge in [0.25, 0.3) is 10.0 Å². The summed E-state index contributed by atoms with van der Waals surface area (Å²) in [6, 6.07) is 24.3. The van der Waals surface area contributed by atoms with Crippen LogP contribution in [0.4, 0.5) is 10.1 Å². The normalized spacial score (nSPS) is 13.4. The Morgan fingerprint density at radius 1 is 0.895 bits per heavy atom. The fraction of sp³-hybridized carbons (Fsp3) is 0.103. The molecular formula is C29H23FN2O5S. The highest BCUT2D eigenvalue weighted by atomic mass is 32.2. The Morgan fingerprint density at radius 2 is 1.55 bits per heavy atom. The number of ether oxygens (including phenoxy) is 2. The van der Waals surface area contributed by atoms with Crippen LogP contribution in [-0.4, -0.2) is 27.3 Å². The summed E-state index contributed by atoms with van der Waals surface area (Å²) < 4.78 is 53.8. The SMILES string of the molecule is COc1ccc(CN(C2=NS(=O)(=O)c3cccc(C)c32)c2ccc(OC(=O)c3ccc(F)cc3)cc2)cc1. The number of carbonyl (C=O) groups is 1. The topological polar surface area (TPSA) is 85.3 Å². The zero-order valence-corrected chi connectivity index (χ0v) is 21.4. The maximum absolute atomic E-state index is 13.2. The zero-order valence-electron chi connectivity index (χ0n) is 20.6. The number of aryl methyl sites for hydroxylation is 1. The van der Waals surface area contributed by atoms with Crippen molar-refractivity contribution < 1.29 is 27.1 Å². The molecule has 1 aliphatic rings. The third kappa shape index (κ3) is 5.01. The van der Waals surface area contributed by atoms with Crippen LogP contribution in [0.15, 0.2) is 100 Å². The fourth-order valence-corrected chi connectivity index (χ4v) is 5.46. The number of esters is 1. The van der Waals surface area contributed by atoms with Crippen molar-refractivity contribution in [2.24, 2.45) is 4.40 Å². The van der Waals surface area contributed by atoms with Crippen LogP contribution in [0.2, 0.25) is 0 Å². The van der Waals surface area contributed by atoms with Gasteiger partial charge in [-0.15, -0.1) is 4.40 Å². The molecule has 0 N–H and O–H groups in total. The van der Waals surface area contributed by atoms with E-state index in [0.29, 0.717) is 29.4 Å². The van der Waals surface area contributed by atoms with E-state index in [1.807, 2.05) is 42.2 Å². The van der Waals surface area contributed by atoms with Crippen LogP contribution in [0.25, 0.3) is 0 Å². The maximum Gasteiger partial charge on any atom is 0.343 e. The van der Waals surface area contributed by atoms with Crippen molar-refractivity contribution in [3.63, 3.8) is 0 Å². The van der Waals surface area contributed by atoms with Crippen molar-refractivity contribution in [1.82, 2.24) is 0 Å². The molecule has 1 aliphatic heterocycles. The molecule has 0 unspecified atom stereocenters. The summed E-state index contributed by atoms with van der Waals surface area (Å²) >= 11 is 0. The number of anilines is 1. The number of amidine groups is 1. The highest BCUT2D eigenvalue weighted by molar-refractivity contribution is 7.90. The number of fused-ring (bicyclic) bond motifs is 1. The molecule has 38 heavy (non-hydrogen) atoms. The van der Waals surface area contributed by atoms with E-state index in [1.165, 1.54) is 24.3 Å². The van der Waals surface area contributed by atoms with Crippen LogP contribution >= 0.6 is 0 Å². The van der Waals surface area contributed by atoms with Gasteiger partial charge in [-0.25, -0.2) is 9.18 Å². The average Bonchev–Trinajstić information content (AvgIpc) is 3.20. The summed E-state index contributed by atoms with van der Waals surface area (Å²) in [7, 11) is -2.27. The molecule has 9 heteroatoms. The van der Waals surface area contributed by atoms with Crippen molar-refractivity contribution >= 4 is 27.5 Å². The molecule has 0 amide bonds. The predicted molar refractivity (Wildman–Crippen MR) is 142 cm³/mol. The summed E-state index contributed by atoms with van der Waals surface area (Å²) in [4.78, 5) is 14.4. The van der Waals surface area contributed by atoms with Gasteiger partial charge in [-0.3, -0.25) is 0 Å². The van der Waals surface area contributed by atoms with Crippen molar-refractivity contribution in [2.45, 2.75) is 18.4 Å². The predicted octanol–water partition coefficient (Wildman–Crippen LogP) is 5.52. The number of hydrogen-bond donors (Lipinski definition) is 0. The molecule has 0 saturated carbocycles. The van der Waals surface area contributed by atoms with Gasteiger partial charge in [-0.1, -0.05) is 24.3 Å². The Kier molecular flexibility index (Phi) is 6.69. The minimum Gasteiger partial charge on any atom is -0.497 e. The molecule has 1 heterocycles. The Labute approximate surface area is 219 Å². The Morgan fingerprint density at radius 3 is 2.21 bits per heavy atom. The maximum atomic E-state index is 13.2. The van der Waals surface area contributed by atoms with Crippen LogP contribution in [0.5, 0.6) is 11.5 Å². The van der Waals surface area contributed by atoms with Crippen LogP contribution in [0, 0.1) is 12.7 Å². The third-order valence-corrected chi connectivity index (χ3v) is 7.45. The first kappa shape index (κ1) is 25.2. The van der Waals surface area contributed by atoms with Crippen LogP contribution in [0.1, 0.15) is 27.0 Å². The van der Waals surface area contributed by atoms with E-state index < -0.39 is 21.8 Å². The average molecular weight is 531 g/mol. The number of sulfonamides is 1. The van der Waals surface area contributed by atoms with Crippen LogP contribution < -0.4 is 14.4 Å². The lowest BCUT2D eigenvalue weighted by molar-refractivity contribution is 0.0734. The third-order valence-electron chi connectivity index (χ3n) is 6.14. The quantitative estimate of drug-likeness (QED) is 0.241. The van der Waals surface area contributed by atoms with Gasteiger partial charge in [0.05, 0.1) is 12.7 Å². The fourth-order valence-electron chi connectivity index (χ4n) is 4.18. The first-order valence-corrected chi connectivity index (χ1v) is 13.1. The van der Waals surface area contributed by atoms with Gasteiger partial charge < -0.3 is 14.4 Å². The molecule has 4 aromatic rings. The lowest BCUT2D eigenvalue weighted by Gasteiger charge is -2.26. The molecule has 0 bridgehead atoms. The largest absolute Gasteiger partial charge is 0.497 e. The molecular weight excluding hydrogens is 507 g/mol. The molecule has 192 valence electrons. The molecule has 0 atom stereocenters. The Bertz CT molecular complexity index is 1630. The number of benzene rings is 4. The van der Waals surface area contributed by atoms with E-state index >= 15 is 0 Å². The minimum atomic E-state index is -3.86. The second kappa shape index (κ2) is 10.1. The van der Waals surface area contributed by atoms with E-state index in [-0.39, 0.29) is 16.2 Å². The monoisotopic (exact) mass is 530 g/mol. The van der Waals surface area contributed by atoms with Crippen molar-refractivity contribution in [2.75, 3.05) is 12.0 Å². The van der Waals surface area contributed by atoms with Crippen molar-refractivity contribution in [3.05, 3.63) is 119 Å². The van der Waals surface area contributed by atoms with E-state index in [1.54, 1.807) is 43.5 Å².